The molecule has 0 fully saturated rings. The van der Waals surface area contributed by atoms with Crippen molar-refractivity contribution in [3.05, 3.63) is 64.5 Å². The smallest absolute Gasteiger partial charge is 0.294 e. The molecule has 0 radical (unpaired) electrons. The summed E-state index contributed by atoms with van der Waals surface area (Å²) >= 11 is 0. The van der Waals surface area contributed by atoms with Crippen molar-refractivity contribution in [2.75, 3.05) is 7.11 Å². The summed E-state index contributed by atoms with van der Waals surface area (Å²) in [5.74, 6) is 0.195. The first-order valence-electron chi connectivity index (χ1n) is 9.98. The van der Waals surface area contributed by atoms with E-state index in [0.717, 1.165) is 35.1 Å². The number of hydrogen-bond donors (Lipinski definition) is 1. The van der Waals surface area contributed by atoms with Gasteiger partial charge in [0.05, 0.1) is 10.5 Å². The van der Waals surface area contributed by atoms with Crippen LogP contribution in [0.25, 0.3) is 0 Å². The van der Waals surface area contributed by atoms with Crippen LogP contribution in [0.5, 0.6) is 0 Å². The van der Waals surface area contributed by atoms with E-state index in [-0.39, 0.29) is 16.6 Å². The summed E-state index contributed by atoms with van der Waals surface area (Å²) in [6.07, 6.45) is 2.86. The number of rotatable bonds is 6. The number of aryl methyl sites for hydroxylation is 3. The maximum atomic E-state index is 13.7. The first kappa shape index (κ1) is 21.9. The minimum absolute atomic E-state index is 0.0885. The first-order valence-corrected chi connectivity index (χ1v) is 11.4. The van der Waals surface area contributed by atoms with Crippen LogP contribution in [0.4, 0.5) is 4.39 Å². The molecule has 0 unspecified atom stereocenters. The fourth-order valence-electron chi connectivity index (χ4n) is 4.88. The van der Waals surface area contributed by atoms with E-state index in [1.807, 2.05) is 13.0 Å². The number of benzene rings is 2. The van der Waals surface area contributed by atoms with Crippen molar-refractivity contribution in [1.82, 2.24) is 0 Å². The minimum Gasteiger partial charge on any atom is -0.378 e. The summed E-state index contributed by atoms with van der Waals surface area (Å²) in [6, 6.07) is 9.71. The van der Waals surface area contributed by atoms with E-state index >= 15 is 0 Å². The van der Waals surface area contributed by atoms with Crippen LogP contribution in [-0.2, 0) is 27.7 Å². The molecular formula is C23H29FO4S. The maximum absolute atomic E-state index is 13.7. The number of ether oxygens (including phenoxy) is 1. The second-order valence-corrected chi connectivity index (χ2v) is 9.82. The largest absolute Gasteiger partial charge is 0.378 e. The van der Waals surface area contributed by atoms with E-state index < -0.39 is 15.7 Å². The predicted molar refractivity (Wildman–Crippen MR) is 111 cm³/mol. The van der Waals surface area contributed by atoms with E-state index in [4.69, 9.17) is 4.74 Å². The molecule has 0 saturated heterocycles. The van der Waals surface area contributed by atoms with Crippen LogP contribution < -0.4 is 0 Å². The molecule has 1 aliphatic rings. The van der Waals surface area contributed by atoms with Gasteiger partial charge in [0, 0.05) is 13.0 Å². The Morgan fingerprint density at radius 2 is 1.97 bits per heavy atom. The second kappa shape index (κ2) is 8.17. The van der Waals surface area contributed by atoms with Crippen molar-refractivity contribution < 1.29 is 22.1 Å². The zero-order valence-corrected chi connectivity index (χ0v) is 18.2. The van der Waals surface area contributed by atoms with E-state index in [1.54, 1.807) is 25.3 Å². The molecule has 4 nitrogen and oxygen atoms in total. The van der Waals surface area contributed by atoms with Crippen LogP contribution in [0.1, 0.15) is 54.9 Å². The maximum Gasteiger partial charge on any atom is 0.294 e. The summed E-state index contributed by atoms with van der Waals surface area (Å²) in [5, 5.41) is 0. The third-order valence-electron chi connectivity index (χ3n) is 6.33. The van der Waals surface area contributed by atoms with Gasteiger partial charge in [0.15, 0.2) is 0 Å². The lowest BCUT2D eigenvalue weighted by Crippen LogP contribution is -2.45. The van der Waals surface area contributed by atoms with Crippen molar-refractivity contribution in [3.8, 4) is 0 Å². The third kappa shape index (κ3) is 4.39. The minimum atomic E-state index is -4.24. The number of fused-ring (bicyclic) bond motifs is 1. The van der Waals surface area contributed by atoms with Gasteiger partial charge in [-0.05, 0) is 85.0 Å². The molecule has 0 amide bonds. The molecule has 158 valence electrons. The van der Waals surface area contributed by atoms with Crippen LogP contribution in [-0.4, -0.2) is 25.7 Å². The van der Waals surface area contributed by atoms with Gasteiger partial charge < -0.3 is 4.74 Å². The number of methoxy groups -OCH3 is 1. The molecule has 0 aliphatic heterocycles. The summed E-state index contributed by atoms with van der Waals surface area (Å²) < 4.78 is 52.3. The molecule has 0 aromatic heterocycles. The predicted octanol–water partition coefficient (Wildman–Crippen LogP) is 5.08. The Morgan fingerprint density at radius 3 is 2.59 bits per heavy atom. The highest BCUT2D eigenvalue weighted by molar-refractivity contribution is 7.85. The first-order chi connectivity index (χ1) is 13.6. The Balaban J connectivity index is 1.95. The quantitative estimate of drug-likeness (QED) is 0.662. The lowest BCUT2D eigenvalue weighted by Gasteiger charge is -2.46. The lowest BCUT2D eigenvalue weighted by atomic mass is 9.65. The average molecular weight is 421 g/mol. The molecule has 29 heavy (non-hydrogen) atoms. The second-order valence-electron chi connectivity index (χ2n) is 8.40. The summed E-state index contributed by atoms with van der Waals surface area (Å²) in [4.78, 5) is -0.0885. The Labute approximate surface area is 172 Å². The van der Waals surface area contributed by atoms with Gasteiger partial charge >= 0.3 is 0 Å². The molecule has 3 rings (SSSR count). The lowest BCUT2D eigenvalue weighted by molar-refractivity contribution is -0.0628. The van der Waals surface area contributed by atoms with Crippen molar-refractivity contribution >= 4 is 10.1 Å². The highest BCUT2D eigenvalue weighted by atomic mass is 32.2. The zero-order chi connectivity index (χ0) is 21.4. The zero-order valence-electron chi connectivity index (χ0n) is 17.4. The highest BCUT2D eigenvalue weighted by Crippen LogP contribution is 2.48. The fourth-order valence-corrected chi connectivity index (χ4v) is 5.41. The van der Waals surface area contributed by atoms with Gasteiger partial charge in [-0.25, -0.2) is 4.39 Å². The Morgan fingerprint density at radius 1 is 1.24 bits per heavy atom. The van der Waals surface area contributed by atoms with E-state index in [0.29, 0.717) is 18.8 Å². The van der Waals surface area contributed by atoms with Crippen LogP contribution in [0.15, 0.2) is 41.3 Å². The van der Waals surface area contributed by atoms with Gasteiger partial charge in [0.2, 0.25) is 0 Å². The average Bonchev–Trinajstić information content (AvgIpc) is 2.65. The number of halogens is 1. The molecule has 0 spiro atoms. The van der Waals surface area contributed by atoms with Gasteiger partial charge in [-0.1, -0.05) is 26.0 Å². The molecule has 2 atom stereocenters. The van der Waals surface area contributed by atoms with Gasteiger partial charge in [0.1, 0.15) is 5.82 Å². The SMILES string of the molecule is CO[C@@]1(CCc2cc(S(=O)(=O)O)ccc2C)CCc2cc(F)ccc2[C@@H]1C(C)C. The van der Waals surface area contributed by atoms with Gasteiger partial charge in [-0.2, -0.15) is 8.42 Å². The van der Waals surface area contributed by atoms with E-state index in [2.05, 4.69) is 13.8 Å². The van der Waals surface area contributed by atoms with Crippen LogP contribution in [0.3, 0.4) is 0 Å². The normalized spacial score (nSPS) is 22.0. The summed E-state index contributed by atoms with van der Waals surface area (Å²) in [6.45, 7) is 6.24. The Bertz CT molecular complexity index is 1000. The van der Waals surface area contributed by atoms with Gasteiger partial charge in [0.25, 0.3) is 10.1 Å². The number of hydrogen-bond acceptors (Lipinski definition) is 3. The summed E-state index contributed by atoms with van der Waals surface area (Å²) in [7, 11) is -2.51. The standard InChI is InChI=1S/C23H29FO4S/c1-15(2)22-21-8-6-19(24)13-18(21)10-12-23(22,28-4)11-9-17-14-20(29(25,26)27)7-5-16(17)3/h5-8,13-15,22H,9-12H2,1-4H3,(H,25,26,27)/t22-,23-/m0/s1. The topological polar surface area (TPSA) is 63.6 Å². The molecule has 1 N–H and O–H groups in total. The Hall–Kier alpha value is -1.76. The van der Waals surface area contributed by atoms with Crippen LogP contribution in [0.2, 0.25) is 0 Å². The van der Waals surface area contributed by atoms with Crippen LogP contribution >= 0.6 is 0 Å². The Kier molecular flexibility index (Phi) is 6.18. The highest BCUT2D eigenvalue weighted by Gasteiger charge is 2.44. The van der Waals surface area contributed by atoms with Crippen molar-refractivity contribution in [1.29, 1.82) is 0 Å². The molecule has 6 heteroatoms. The van der Waals surface area contributed by atoms with Crippen LogP contribution in [0, 0.1) is 18.7 Å². The van der Waals surface area contributed by atoms with Crippen molar-refractivity contribution in [2.45, 2.75) is 62.9 Å². The molecule has 0 heterocycles. The van der Waals surface area contributed by atoms with E-state index in [1.165, 1.54) is 12.1 Å². The molecule has 2 aromatic carbocycles. The molecule has 0 bridgehead atoms. The van der Waals surface area contributed by atoms with Crippen molar-refractivity contribution in [3.63, 3.8) is 0 Å². The fraction of sp³-hybridized carbons (Fsp3) is 0.478. The van der Waals surface area contributed by atoms with Crippen molar-refractivity contribution in [2.24, 2.45) is 5.92 Å². The molecule has 2 aromatic rings. The van der Waals surface area contributed by atoms with Gasteiger partial charge in [-0.15, -0.1) is 0 Å². The molecule has 1 aliphatic carbocycles. The molecule has 0 saturated carbocycles. The third-order valence-corrected chi connectivity index (χ3v) is 7.18. The summed E-state index contributed by atoms with van der Waals surface area (Å²) in [5.41, 5.74) is 3.62. The van der Waals surface area contributed by atoms with E-state index in [9.17, 15) is 17.4 Å². The van der Waals surface area contributed by atoms with Gasteiger partial charge in [-0.3, -0.25) is 4.55 Å². The monoisotopic (exact) mass is 420 g/mol. The molecular weight excluding hydrogens is 391 g/mol.